The summed E-state index contributed by atoms with van der Waals surface area (Å²) in [5, 5.41) is 18.3. The number of ether oxygens (including phenoxy) is 2. The van der Waals surface area contributed by atoms with E-state index in [1.165, 1.54) is 11.3 Å². The lowest BCUT2D eigenvalue weighted by Gasteiger charge is -2.26. The third-order valence-electron chi connectivity index (χ3n) is 6.75. The van der Waals surface area contributed by atoms with E-state index in [2.05, 4.69) is 4.98 Å². The lowest BCUT2D eigenvalue weighted by molar-refractivity contribution is -0.144. The van der Waals surface area contributed by atoms with Crippen LogP contribution in [0.25, 0.3) is 10.2 Å². The van der Waals surface area contributed by atoms with Gasteiger partial charge in [0.1, 0.15) is 21.7 Å². The molecule has 0 amide bonds. The van der Waals surface area contributed by atoms with Crippen molar-refractivity contribution in [3.05, 3.63) is 17.6 Å². The van der Waals surface area contributed by atoms with Crippen LogP contribution in [0.1, 0.15) is 51.4 Å². The molecule has 2 fully saturated rings. The number of hydrogen-bond acceptors (Lipinski definition) is 6. The van der Waals surface area contributed by atoms with Crippen molar-refractivity contribution in [3.63, 3.8) is 0 Å². The van der Waals surface area contributed by atoms with E-state index in [9.17, 15) is 9.59 Å². The van der Waals surface area contributed by atoms with Gasteiger partial charge >= 0.3 is 11.9 Å². The second-order valence-electron chi connectivity index (χ2n) is 8.83. The highest BCUT2D eigenvalue weighted by molar-refractivity contribution is 7.17. The summed E-state index contributed by atoms with van der Waals surface area (Å²) in [5.74, 6) is 0.511. The van der Waals surface area contributed by atoms with Gasteiger partial charge in [-0.2, -0.15) is 0 Å². The topological polar surface area (TPSA) is 106 Å². The van der Waals surface area contributed by atoms with Gasteiger partial charge in [-0.25, -0.2) is 4.98 Å². The molecule has 31 heavy (non-hydrogen) atoms. The van der Waals surface area contributed by atoms with Crippen molar-refractivity contribution in [1.29, 1.82) is 0 Å². The fourth-order valence-corrected chi connectivity index (χ4v) is 5.47. The van der Waals surface area contributed by atoms with E-state index in [4.69, 9.17) is 19.7 Å². The van der Waals surface area contributed by atoms with Gasteiger partial charge in [-0.15, -0.1) is 11.3 Å². The summed E-state index contributed by atoms with van der Waals surface area (Å²) in [6.45, 7) is 1.17. The summed E-state index contributed by atoms with van der Waals surface area (Å²) >= 11 is 1.52. The third-order valence-corrected chi connectivity index (χ3v) is 7.59. The Labute approximate surface area is 185 Å². The van der Waals surface area contributed by atoms with Crippen LogP contribution < -0.4 is 9.47 Å². The van der Waals surface area contributed by atoms with Crippen molar-refractivity contribution >= 4 is 33.5 Å². The summed E-state index contributed by atoms with van der Waals surface area (Å²) < 4.78 is 13.2. The van der Waals surface area contributed by atoms with E-state index in [1.54, 1.807) is 5.51 Å². The summed E-state index contributed by atoms with van der Waals surface area (Å²) in [6, 6.07) is 3.83. The number of carbonyl (C=O) groups is 2. The molecule has 0 atom stereocenters. The molecule has 0 spiro atoms. The zero-order chi connectivity index (χ0) is 21.8. The molecule has 4 rings (SSSR count). The van der Waals surface area contributed by atoms with E-state index >= 15 is 0 Å². The minimum absolute atomic E-state index is 0.208. The highest BCUT2D eigenvalue weighted by Gasteiger charge is 2.27. The van der Waals surface area contributed by atoms with Crippen LogP contribution in [0.3, 0.4) is 0 Å². The molecule has 168 valence electrons. The minimum atomic E-state index is -0.686. The first-order valence-electron chi connectivity index (χ1n) is 11.1. The zero-order valence-corrected chi connectivity index (χ0v) is 18.3. The predicted molar refractivity (Wildman–Crippen MR) is 117 cm³/mol. The molecule has 2 N–H and O–H groups in total. The second-order valence-corrected chi connectivity index (χ2v) is 9.68. The standard InChI is InChI=1S/C23H29NO6S/c25-22(26)16-5-1-14(2-6-16)11-29-18-9-10-19(21-20(18)24-13-31-21)30-12-15-3-7-17(8-4-15)23(27)28/h9-10,13-17H,1-8,11-12H2,(H,25,26)(H,27,28). The smallest absolute Gasteiger partial charge is 0.306 e. The van der Waals surface area contributed by atoms with Crippen LogP contribution in [0, 0.1) is 23.7 Å². The van der Waals surface area contributed by atoms with E-state index in [1.807, 2.05) is 12.1 Å². The van der Waals surface area contributed by atoms with Crippen molar-refractivity contribution < 1.29 is 29.3 Å². The molecule has 1 aromatic heterocycles. The first-order valence-corrected chi connectivity index (χ1v) is 12.0. The Morgan fingerprint density at radius 1 is 0.839 bits per heavy atom. The average Bonchev–Trinajstić information content (AvgIpc) is 3.27. The predicted octanol–water partition coefficient (Wildman–Crippen LogP) is 4.84. The van der Waals surface area contributed by atoms with E-state index in [-0.39, 0.29) is 11.8 Å². The highest BCUT2D eigenvalue weighted by atomic mass is 32.1. The first-order chi connectivity index (χ1) is 15.0. The SMILES string of the molecule is O=C(O)C1CCC(COc2ccc(OCC3CCC(C(=O)O)CC3)c3scnc23)CC1. The molecule has 0 unspecified atom stereocenters. The first kappa shape index (κ1) is 21.9. The maximum absolute atomic E-state index is 11.1. The monoisotopic (exact) mass is 447 g/mol. The normalized spacial score (nSPS) is 26.5. The van der Waals surface area contributed by atoms with Crippen molar-refractivity contribution in [2.45, 2.75) is 51.4 Å². The Kier molecular flexibility index (Phi) is 6.95. The Balaban J connectivity index is 1.31. The lowest BCUT2D eigenvalue weighted by Crippen LogP contribution is -2.24. The molecule has 2 aliphatic rings. The Bertz CT molecular complexity index is 840. The molecule has 0 bridgehead atoms. The molecule has 2 aromatic rings. The molecule has 1 aromatic carbocycles. The van der Waals surface area contributed by atoms with Gasteiger partial charge in [-0.05, 0) is 75.3 Å². The Hall–Kier alpha value is -2.35. The number of rotatable bonds is 8. The summed E-state index contributed by atoms with van der Waals surface area (Å²) in [4.78, 5) is 26.7. The Morgan fingerprint density at radius 3 is 1.84 bits per heavy atom. The van der Waals surface area contributed by atoms with Crippen LogP contribution in [0.2, 0.25) is 0 Å². The molecule has 0 saturated heterocycles. The van der Waals surface area contributed by atoms with Crippen LogP contribution >= 0.6 is 11.3 Å². The summed E-state index contributed by atoms with van der Waals surface area (Å²) in [7, 11) is 0. The number of carboxylic acids is 2. The lowest BCUT2D eigenvalue weighted by atomic mass is 9.82. The van der Waals surface area contributed by atoms with Crippen LogP contribution in [0.4, 0.5) is 0 Å². The summed E-state index contributed by atoms with van der Waals surface area (Å²) in [6.07, 6.45) is 6.40. The fourth-order valence-electron chi connectivity index (χ4n) is 4.70. The van der Waals surface area contributed by atoms with Crippen molar-refractivity contribution in [2.24, 2.45) is 23.7 Å². The third kappa shape index (κ3) is 5.29. The second kappa shape index (κ2) is 9.85. The molecule has 2 saturated carbocycles. The maximum atomic E-state index is 11.1. The number of carboxylic acid groups (broad SMARTS) is 2. The molecule has 7 nitrogen and oxygen atoms in total. The van der Waals surface area contributed by atoms with Gasteiger partial charge in [0.05, 0.1) is 30.6 Å². The molecule has 2 aliphatic carbocycles. The van der Waals surface area contributed by atoms with Gasteiger partial charge in [0.15, 0.2) is 0 Å². The fraction of sp³-hybridized carbons (Fsp3) is 0.609. The summed E-state index contributed by atoms with van der Waals surface area (Å²) in [5.41, 5.74) is 2.59. The van der Waals surface area contributed by atoms with Crippen molar-refractivity contribution in [1.82, 2.24) is 4.98 Å². The van der Waals surface area contributed by atoms with Gasteiger partial charge in [-0.1, -0.05) is 0 Å². The molecule has 8 heteroatoms. The van der Waals surface area contributed by atoms with Crippen LogP contribution in [0.15, 0.2) is 17.6 Å². The molecule has 0 radical (unpaired) electrons. The Morgan fingerprint density at radius 2 is 1.32 bits per heavy atom. The van der Waals surface area contributed by atoms with Gasteiger partial charge < -0.3 is 19.7 Å². The molecular weight excluding hydrogens is 418 g/mol. The quantitative estimate of drug-likeness (QED) is 0.596. The van der Waals surface area contributed by atoms with Crippen molar-refractivity contribution in [2.75, 3.05) is 13.2 Å². The number of aromatic nitrogens is 1. The number of fused-ring (bicyclic) bond motifs is 1. The van der Waals surface area contributed by atoms with Crippen LogP contribution in [-0.2, 0) is 9.59 Å². The van der Waals surface area contributed by atoms with Gasteiger partial charge in [0.25, 0.3) is 0 Å². The van der Waals surface area contributed by atoms with E-state index in [0.29, 0.717) is 25.0 Å². The van der Waals surface area contributed by atoms with Crippen molar-refractivity contribution in [3.8, 4) is 11.5 Å². The largest absolute Gasteiger partial charge is 0.492 e. The van der Waals surface area contributed by atoms with Gasteiger partial charge in [0, 0.05) is 0 Å². The van der Waals surface area contributed by atoms with Gasteiger partial charge in [-0.3, -0.25) is 9.59 Å². The van der Waals surface area contributed by atoms with Crippen LogP contribution in [0.5, 0.6) is 11.5 Å². The molecule has 1 heterocycles. The molecular formula is C23H29NO6S. The number of aliphatic carboxylic acids is 2. The number of thiazole rings is 1. The minimum Gasteiger partial charge on any atom is -0.492 e. The average molecular weight is 448 g/mol. The number of hydrogen-bond donors (Lipinski definition) is 2. The van der Waals surface area contributed by atoms with Crippen LogP contribution in [-0.4, -0.2) is 40.3 Å². The number of benzene rings is 1. The zero-order valence-electron chi connectivity index (χ0n) is 17.5. The maximum Gasteiger partial charge on any atom is 0.306 e. The van der Waals surface area contributed by atoms with E-state index < -0.39 is 11.9 Å². The molecule has 0 aliphatic heterocycles. The van der Waals surface area contributed by atoms with Gasteiger partial charge in [0.2, 0.25) is 0 Å². The highest BCUT2D eigenvalue weighted by Crippen LogP contribution is 2.37. The van der Waals surface area contributed by atoms with E-state index in [0.717, 1.165) is 73.1 Å². The number of nitrogens with zero attached hydrogens (tertiary/aromatic N) is 1.